The maximum absolute atomic E-state index is 11.5. The van der Waals surface area contributed by atoms with Gasteiger partial charge in [-0.3, -0.25) is 9.59 Å². The number of benzene rings is 1. The van der Waals surface area contributed by atoms with Crippen molar-refractivity contribution in [3.05, 3.63) is 35.4 Å². The van der Waals surface area contributed by atoms with E-state index in [1.807, 2.05) is 45.0 Å². The van der Waals surface area contributed by atoms with Gasteiger partial charge in [0.2, 0.25) is 0 Å². The van der Waals surface area contributed by atoms with Gasteiger partial charge in [-0.2, -0.15) is 0 Å². The molecule has 0 heterocycles. The van der Waals surface area contributed by atoms with Gasteiger partial charge in [-0.15, -0.1) is 0 Å². The van der Waals surface area contributed by atoms with Crippen LogP contribution in [0.5, 0.6) is 0 Å². The second-order valence-corrected chi connectivity index (χ2v) is 5.22. The molecule has 0 saturated carbocycles. The van der Waals surface area contributed by atoms with E-state index in [2.05, 4.69) is 0 Å². The summed E-state index contributed by atoms with van der Waals surface area (Å²) >= 11 is 0. The number of rotatable bonds is 7. The maximum Gasteiger partial charge on any atom is 0.306 e. The molecule has 0 aliphatic heterocycles. The van der Waals surface area contributed by atoms with Crippen LogP contribution in [0.3, 0.4) is 0 Å². The SMILES string of the molecule is Cc1ccc(COC(=O)CCC(=O)OCC(C)C)cc1. The van der Waals surface area contributed by atoms with Gasteiger partial charge in [-0.1, -0.05) is 43.7 Å². The van der Waals surface area contributed by atoms with Crippen molar-refractivity contribution in [1.82, 2.24) is 0 Å². The van der Waals surface area contributed by atoms with Gasteiger partial charge in [0.25, 0.3) is 0 Å². The second-order valence-electron chi connectivity index (χ2n) is 5.22. The summed E-state index contributed by atoms with van der Waals surface area (Å²) in [7, 11) is 0. The molecular weight excluding hydrogens is 256 g/mol. The lowest BCUT2D eigenvalue weighted by Crippen LogP contribution is -2.12. The molecule has 0 aliphatic carbocycles. The van der Waals surface area contributed by atoms with Gasteiger partial charge in [0.1, 0.15) is 6.61 Å². The van der Waals surface area contributed by atoms with Crippen LogP contribution >= 0.6 is 0 Å². The molecule has 4 heteroatoms. The Balaban J connectivity index is 2.20. The zero-order chi connectivity index (χ0) is 15.0. The molecule has 110 valence electrons. The van der Waals surface area contributed by atoms with Gasteiger partial charge in [-0.05, 0) is 18.4 Å². The third-order valence-electron chi connectivity index (χ3n) is 2.63. The van der Waals surface area contributed by atoms with Gasteiger partial charge < -0.3 is 9.47 Å². The van der Waals surface area contributed by atoms with E-state index in [1.54, 1.807) is 0 Å². The van der Waals surface area contributed by atoms with Gasteiger partial charge in [0.05, 0.1) is 19.4 Å². The Morgan fingerprint density at radius 2 is 1.55 bits per heavy atom. The predicted molar refractivity (Wildman–Crippen MR) is 76.0 cm³/mol. The minimum Gasteiger partial charge on any atom is -0.465 e. The van der Waals surface area contributed by atoms with E-state index in [1.165, 1.54) is 0 Å². The van der Waals surface area contributed by atoms with Crippen molar-refractivity contribution in [2.24, 2.45) is 5.92 Å². The van der Waals surface area contributed by atoms with Crippen LogP contribution in [-0.4, -0.2) is 18.5 Å². The Labute approximate surface area is 120 Å². The normalized spacial score (nSPS) is 10.4. The Kier molecular flexibility index (Phi) is 6.77. The molecule has 0 unspecified atom stereocenters. The minimum atomic E-state index is -0.382. The van der Waals surface area contributed by atoms with E-state index in [-0.39, 0.29) is 31.4 Å². The van der Waals surface area contributed by atoms with Gasteiger partial charge in [0.15, 0.2) is 0 Å². The standard InChI is InChI=1S/C16H22O4/c1-12(2)10-19-15(17)8-9-16(18)20-11-14-6-4-13(3)5-7-14/h4-7,12H,8-11H2,1-3H3. The Bertz CT molecular complexity index is 434. The molecule has 0 radical (unpaired) electrons. The molecule has 0 aromatic heterocycles. The highest BCUT2D eigenvalue weighted by atomic mass is 16.5. The van der Waals surface area contributed by atoms with E-state index in [4.69, 9.17) is 9.47 Å². The topological polar surface area (TPSA) is 52.6 Å². The summed E-state index contributed by atoms with van der Waals surface area (Å²) in [4.78, 5) is 22.8. The highest BCUT2D eigenvalue weighted by Crippen LogP contribution is 2.06. The fourth-order valence-electron chi connectivity index (χ4n) is 1.46. The summed E-state index contributed by atoms with van der Waals surface area (Å²) in [5.41, 5.74) is 2.10. The average Bonchev–Trinajstić information content (AvgIpc) is 2.42. The number of carbonyl (C=O) groups is 2. The van der Waals surface area contributed by atoms with Crippen LogP contribution in [0.15, 0.2) is 24.3 Å². The van der Waals surface area contributed by atoms with E-state index < -0.39 is 0 Å². The summed E-state index contributed by atoms with van der Waals surface area (Å²) in [6, 6.07) is 7.76. The molecule has 0 atom stereocenters. The summed E-state index contributed by atoms with van der Waals surface area (Å²) in [6.45, 7) is 6.54. The fourth-order valence-corrected chi connectivity index (χ4v) is 1.46. The lowest BCUT2D eigenvalue weighted by atomic mass is 10.2. The first-order valence-corrected chi connectivity index (χ1v) is 6.84. The highest BCUT2D eigenvalue weighted by Gasteiger charge is 2.10. The molecule has 0 amide bonds. The zero-order valence-corrected chi connectivity index (χ0v) is 12.3. The molecule has 1 rings (SSSR count). The molecule has 0 aliphatic rings. The van der Waals surface area contributed by atoms with Crippen molar-refractivity contribution in [3.63, 3.8) is 0 Å². The van der Waals surface area contributed by atoms with E-state index >= 15 is 0 Å². The third kappa shape index (κ3) is 6.92. The first-order valence-electron chi connectivity index (χ1n) is 6.84. The third-order valence-corrected chi connectivity index (χ3v) is 2.63. The molecule has 4 nitrogen and oxygen atoms in total. The lowest BCUT2D eigenvalue weighted by molar-refractivity contribution is -0.151. The average molecular weight is 278 g/mol. The van der Waals surface area contributed by atoms with Crippen LogP contribution in [0.25, 0.3) is 0 Å². The van der Waals surface area contributed by atoms with Crippen molar-refractivity contribution in [3.8, 4) is 0 Å². The van der Waals surface area contributed by atoms with Crippen molar-refractivity contribution in [1.29, 1.82) is 0 Å². The van der Waals surface area contributed by atoms with E-state index in [0.29, 0.717) is 12.5 Å². The largest absolute Gasteiger partial charge is 0.465 e. The van der Waals surface area contributed by atoms with Crippen molar-refractivity contribution in [2.45, 2.75) is 40.2 Å². The Morgan fingerprint density at radius 3 is 2.10 bits per heavy atom. The van der Waals surface area contributed by atoms with Crippen LogP contribution in [0.2, 0.25) is 0 Å². The zero-order valence-electron chi connectivity index (χ0n) is 12.3. The molecule has 1 aromatic rings. The molecule has 1 aromatic carbocycles. The summed E-state index contributed by atoms with van der Waals surface area (Å²) in [5, 5.41) is 0. The number of aryl methyl sites for hydroxylation is 1. The van der Waals surface area contributed by atoms with Crippen molar-refractivity contribution in [2.75, 3.05) is 6.61 Å². The summed E-state index contributed by atoms with van der Waals surface area (Å²) < 4.78 is 10.1. The molecule has 20 heavy (non-hydrogen) atoms. The minimum absolute atomic E-state index is 0.0583. The number of ether oxygens (including phenoxy) is 2. The lowest BCUT2D eigenvalue weighted by Gasteiger charge is -2.07. The van der Waals surface area contributed by atoms with E-state index in [0.717, 1.165) is 11.1 Å². The highest BCUT2D eigenvalue weighted by molar-refractivity contribution is 5.77. The number of esters is 2. The fraction of sp³-hybridized carbons (Fsp3) is 0.500. The van der Waals surface area contributed by atoms with Gasteiger partial charge in [0, 0.05) is 0 Å². The molecule has 0 N–H and O–H groups in total. The molecular formula is C16H22O4. The van der Waals surface area contributed by atoms with Crippen LogP contribution in [-0.2, 0) is 25.7 Å². The van der Waals surface area contributed by atoms with Crippen LogP contribution < -0.4 is 0 Å². The summed E-state index contributed by atoms with van der Waals surface area (Å²) in [6.07, 6.45) is 0.127. The van der Waals surface area contributed by atoms with Crippen LogP contribution in [0.1, 0.15) is 37.8 Å². The predicted octanol–water partition coefficient (Wildman–Crippen LogP) is 3.02. The van der Waals surface area contributed by atoms with Crippen molar-refractivity contribution >= 4 is 11.9 Å². The number of carbonyl (C=O) groups excluding carboxylic acids is 2. The summed E-state index contributed by atoms with van der Waals surface area (Å²) in [5.74, 6) is -0.439. The van der Waals surface area contributed by atoms with Crippen LogP contribution in [0, 0.1) is 12.8 Å². The quantitative estimate of drug-likeness (QED) is 0.719. The first-order chi connectivity index (χ1) is 9.47. The number of hydrogen-bond acceptors (Lipinski definition) is 4. The molecule has 0 fully saturated rings. The molecule has 0 spiro atoms. The molecule has 0 bridgehead atoms. The number of hydrogen-bond donors (Lipinski definition) is 0. The Morgan fingerprint density at radius 1 is 1.00 bits per heavy atom. The van der Waals surface area contributed by atoms with E-state index in [9.17, 15) is 9.59 Å². The maximum atomic E-state index is 11.5. The first kappa shape index (κ1) is 16.2. The van der Waals surface area contributed by atoms with Gasteiger partial charge in [-0.25, -0.2) is 0 Å². The monoisotopic (exact) mass is 278 g/mol. The second kappa shape index (κ2) is 8.35. The van der Waals surface area contributed by atoms with Crippen molar-refractivity contribution < 1.29 is 19.1 Å². The van der Waals surface area contributed by atoms with Gasteiger partial charge >= 0.3 is 11.9 Å². The molecule has 0 saturated heterocycles. The Hall–Kier alpha value is -1.84. The van der Waals surface area contributed by atoms with Crippen LogP contribution in [0.4, 0.5) is 0 Å². The smallest absolute Gasteiger partial charge is 0.306 e.